The van der Waals surface area contributed by atoms with Crippen LogP contribution in [0.3, 0.4) is 0 Å². The van der Waals surface area contributed by atoms with Crippen LogP contribution in [0.4, 0.5) is 13.2 Å². The third-order valence-corrected chi connectivity index (χ3v) is 6.07. The van der Waals surface area contributed by atoms with E-state index in [0.29, 0.717) is 17.6 Å². The first-order valence-corrected chi connectivity index (χ1v) is 11.2. The molecule has 186 valence electrons. The summed E-state index contributed by atoms with van der Waals surface area (Å²) in [6.07, 6.45) is 2.10. The van der Waals surface area contributed by atoms with E-state index >= 15 is 0 Å². The number of hydrogen-bond acceptors (Lipinski definition) is 4. The maximum Gasteiger partial charge on any atom is 0.290 e. The second kappa shape index (κ2) is 13.3. The molecular formula is C24H29ClF3N3O3. The molecule has 34 heavy (non-hydrogen) atoms. The number of amides is 1. The van der Waals surface area contributed by atoms with E-state index in [-0.39, 0.29) is 36.8 Å². The lowest BCUT2D eigenvalue weighted by Crippen LogP contribution is -2.40. The zero-order chi connectivity index (χ0) is 25.3. The van der Waals surface area contributed by atoms with Gasteiger partial charge >= 0.3 is 0 Å². The highest BCUT2D eigenvalue weighted by Gasteiger charge is 2.28. The molecule has 0 bridgehead atoms. The van der Waals surface area contributed by atoms with Crippen molar-refractivity contribution in [3.63, 3.8) is 0 Å². The Morgan fingerprint density at radius 1 is 1.18 bits per heavy atom. The number of hydrogen-bond donors (Lipinski definition) is 2. The zero-order valence-electron chi connectivity index (χ0n) is 18.9. The second-order valence-corrected chi connectivity index (χ2v) is 8.59. The Bertz CT molecular complexity index is 974. The van der Waals surface area contributed by atoms with Crippen molar-refractivity contribution in [2.75, 3.05) is 26.7 Å². The van der Waals surface area contributed by atoms with Gasteiger partial charge in [-0.1, -0.05) is 29.8 Å². The van der Waals surface area contributed by atoms with E-state index in [1.165, 1.54) is 0 Å². The molecule has 1 fully saturated rings. The first kappa shape index (κ1) is 27.6. The molecule has 0 saturated carbocycles. The number of likely N-dealkylation sites (N-methyl/N-ethyl adjacent to an activating group) is 1. The Morgan fingerprint density at radius 3 is 2.38 bits per heavy atom. The van der Waals surface area contributed by atoms with Crippen molar-refractivity contribution < 1.29 is 27.9 Å². The smallest absolute Gasteiger partial charge is 0.290 e. The molecule has 0 aromatic heterocycles. The molecule has 0 aliphatic carbocycles. The minimum absolute atomic E-state index is 0.0370. The van der Waals surface area contributed by atoms with Crippen molar-refractivity contribution in [2.45, 2.75) is 37.8 Å². The summed E-state index contributed by atoms with van der Waals surface area (Å²) in [6, 6.07) is 8.14. The fourth-order valence-electron chi connectivity index (χ4n) is 4.03. The molecule has 10 heteroatoms. The average Bonchev–Trinajstić information content (AvgIpc) is 3.31. The van der Waals surface area contributed by atoms with Crippen molar-refractivity contribution in [2.24, 2.45) is 5.73 Å². The Morgan fingerprint density at radius 2 is 1.76 bits per heavy atom. The van der Waals surface area contributed by atoms with Crippen LogP contribution in [0.5, 0.6) is 0 Å². The number of rotatable bonds is 8. The third-order valence-electron chi connectivity index (χ3n) is 5.73. The largest absolute Gasteiger partial charge is 0.483 e. The topological polar surface area (TPSA) is 86.9 Å². The molecule has 0 unspecified atom stereocenters. The van der Waals surface area contributed by atoms with Crippen LogP contribution in [0.25, 0.3) is 0 Å². The Kier molecular flexibility index (Phi) is 10.8. The lowest BCUT2D eigenvalue weighted by Gasteiger charge is -2.32. The van der Waals surface area contributed by atoms with Crippen LogP contribution in [0.15, 0.2) is 36.4 Å². The number of nitrogens with zero attached hydrogens (tertiary/aromatic N) is 2. The van der Waals surface area contributed by atoms with E-state index < -0.39 is 23.5 Å². The van der Waals surface area contributed by atoms with E-state index in [9.17, 15) is 18.0 Å². The van der Waals surface area contributed by atoms with Gasteiger partial charge in [0.25, 0.3) is 6.47 Å². The van der Waals surface area contributed by atoms with E-state index in [1.807, 2.05) is 24.3 Å². The number of benzene rings is 2. The average molecular weight is 500 g/mol. The minimum atomic E-state index is -1.25. The molecule has 2 atom stereocenters. The molecule has 0 spiro atoms. The van der Waals surface area contributed by atoms with Crippen LogP contribution in [-0.2, 0) is 16.0 Å². The number of carboxylic acid groups (broad SMARTS) is 1. The molecule has 1 heterocycles. The highest BCUT2D eigenvalue weighted by atomic mass is 35.5. The first-order chi connectivity index (χ1) is 16.2. The Balaban J connectivity index is 0.00000129. The number of carbonyl (C=O) groups excluding carboxylic acids is 1. The molecule has 2 aromatic carbocycles. The molecule has 3 rings (SSSR count). The lowest BCUT2D eigenvalue weighted by molar-refractivity contribution is -0.131. The summed E-state index contributed by atoms with van der Waals surface area (Å²) in [4.78, 5) is 25.1. The van der Waals surface area contributed by atoms with Gasteiger partial charge in [0, 0.05) is 37.1 Å². The lowest BCUT2D eigenvalue weighted by atomic mass is 10.0. The molecule has 1 aliphatic rings. The van der Waals surface area contributed by atoms with Gasteiger partial charge in [0.15, 0.2) is 11.6 Å². The van der Waals surface area contributed by atoms with Gasteiger partial charge in [-0.3, -0.25) is 14.5 Å². The van der Waals surface area contributed by atoms with E-state index in [2.05, 4.69) is 4.90 Å². The molecule has 1 amide bonds. The maximum absolute atomic E-state index is 13.9. The van der Waals surface area contributed by atoms with E-state index in [0.717, 1.165) is 37.6 Å². The fraction of sp³-hybridized carbons (Fsp3) is 0.417. The van der Waals surface area contributed by atoms with Crippen molar-refractivity contribution in [1.82, 2.24) is 9.80 Å². The van der Waals surface area contributed by atoms with E-state index in [4.69, 9.17) is 27.2 Å². The van der Waals surface area contributed by atoms with Crippen molar-refractivity contribution in [1.29, 1.82) is 0 Å². The molecule has 6 nitrogen and oxygen atoms in total. The first-order valence-electron chi connectivity index (χ1n) is 10.9. The van der Waals surface area contributed by atoms with Gasteiger partial charge in [-0.05, 0) is 55.6 Å². The number of likely N-dealkylation sites (tertiary alicyclic amines) is 1. The van der Waals surface area contributed by atoms with Gasteiger partial charge in [0.05, 0.1) is 6.04 Å². The van der Waals surface area contributed by atoms with Crippen molar-refractivity contribution >= 4 is 24.0 Å². The van der Waals surface area contributed by atoms with Gasteiger partial charge in [-0.15, -0.1) is 0 Å². The summed E-state index contributed by atoms with van der Waals surface area (Å²) in [7, 11) is 1.70. The molecule has 2 aromatic rings. The number of halogens is 4. The highest BCUT2D eigenvalue weighted by Crippen LogP contribution is 2.31. The fourth-order valence-corrected chi connectivity index (χ4v) is 4.29. The van der Waals surface area contributed by atoms with E-state index in [1.54, 1.807) is 11.9 Å². The zero-order valence-corrected chi connectivity index (χ0v) is 19.6. The predicted molar refractivity (Wildman–Crippen MR) is 124 cm³/mol. The highest BCUT2D eigenvalue weighted by molar-refractivity contribution is 6.31. The number of carbonyl (C=O) groups is 2. The van der Waals surface area contributed by atoms with Crippen LogP contribution in [0, 0.1) is 17.5 Å². The molecule has 1 aliphatic heterocycles. The SMILES string of the molecule is CN(C[C@@H](c1ccccc1Cl)N1CCCC1)C(=O)C[C@H](N)Cc1cc(F)c(F)cc1F.O=CO. The van der Waals surface area contributed by atoms with Crippen molar-refractivity contribution in [3.05, 3.63) is 70.0 Å². The van der Waals surface area contributed by atoms with Gasteiger partial charge in [0.1, 0.15) is 5.82 Å². The van der Waals surface area contributed by atoms with Crippen LogP contribution >= 0.6 is 11.6 Å². The van der Waals surface area contributed by atoms with Crippen LogP contribution in [0.2, 0.25) is 5.02 Å². The molecule has 0 radical (unpaired) electrons. The quantitative estimate of drug-likeness (QED) is 0.423. The molecule has 3 N–H and O–H groups in total. The summed E-state index contributed by atoms with van der Waals surface area (Å²) in [5, 5.41) is 7.55. The molecular weight excluding hydrogens is 471 g/mol. The summed E-state index contributed by atoms with van der Waals surface area (Å²) in [5.74, 6) is -3.46. The van der Waals surface area contributed by atoms with Gasteiger partial charge in [-0.2, -0.15) is 0 Å². The number of nitrogens with two attached hydrogens (primary N) is 1. The third kappa shape index (κ3) is 7.72. The Hall–Kier alpha value is -2.62. The summed E-state index contributed by atoms with van der Waals surface area (Å²) >= 11 is 6.43. The van der Waals surface area contributed by atoms with Crippen LogP contribution in [-0.4, -0.2) is 60.0 Å². The minimum Gasteiger partial charge on any atom is -0.483 e. The van der Waals surface area contributed by atoms with Gasteiger partial charge < -0.3 is 15.7 Å². The monoisotopic (exact) mass is 499 g/mol. The predicted octanol–water partition coefficient (Wildman–Crippen LogP) is 4.01. The summed E-state index contributed by atoms with van der Waals surface area (Å²) < 4.78 is 40.4. The second-order valence-electron chi connectivity index (χ2n) is 8.19. The van der Waals surface area contributed by atoms with Crippen LogP contribution in [0.1, 0.15) is 36.4 Å². The standard InChI is InChI=1S/C23H27ClF3N3O.CH2O2/c1-29(14-22(30-8-4-5-9-30)17-6-2-3-7-18(17)24)23(31)12-16(28)10-15-11-20(26)21(27)13-19(15)25;2-1-3/h2-3,6-7,11,13,16,22H,4-5,8-10,12,14,28H2,1H3;1H,(H,2,3)/t16-,22+;/m1./s1. The molecule has 1 saturated heterocycles. The van der Waals surface area contributed by atoms with Crippen LogP contribution < -0.4 is 5.73 Å². The van der Waals surface area contributed by atoms with Gasteiger partial charge in [-0.25, -0.2) is 13.2 Å². The Labute approximate surface area is 202 Å². The summed E-state index contributed by atoms with van der Waals surface area (Å²) in [5.41, 5.74) is 6.95. The van der Waals surface area contributed by atoms with Crippen molar-refractivity contribution in [3.8, 4) is 0 Å². The maximum atomic E-state index is 13.9. The van der Waals surface area contributed by atoms with Gasteiger partial charge in [0.2, 0.25) is 5.91 Å². The normalized spacial score (nSPS) is 15.2. The summed E-state index contributed by atoms with van der Waals surface area (Å²) in [6.45, 7) is 2.06.